The molecule has 1 saturated heterocycles. The molecule has 1 fully saturated rings. The number of β-lactam (4-membered cyclic amide) rings is 1. The first kappa shape index (κ1) is 19.6. The second-order valence-corrected chi connectivity index (χ2v) is 7.28. The minimum absolute atomic E-state index is 0.0445. The van der Waals surface area contributed by atoms with Gasteiger partial charge in [-0.15, -0.1) is 0 Å². The Bertz CT molecular complexity index is 1030. The van der Waals surface area contributed by atoms with E-state index in [4.69, 9.17) is 0 Å². The van der Waals surface area contributed by atoms with E-state index in [2.05, 4.69) is 15.6 Å². The average Bonchev–Trinajstić information content (AvgIpc) is 3.04. The normalized spacial score (nSPS) is 21.0. The summed E-state index contributed by atoms with van der Waals surface area (Å²) in [4.78, 5) is 41.4. The molecule has 1 aromatic carbocycles. The third-order valence-corrected chi connectivity index (χ3v) is 5.34. The molecule has 3 heterocycles. The molecule has 0 spiro atoms. The van der Waals surface area contributed by atoms with Crippen LogP contribution >= 0.6 is 0 Å². The third kappa shape index (κ3) is 3.39. The molecule has 9 heteroatoms. The van der Waals surface area contributed by atoms with E-state index in [1.165, 1.54) is 18.0 Å². The van der Waals surface area contributed by atoms with E-state index in [0.717, 1.165) is 0 Å². The molecule has 30 heavy (non-hydrogen) atoms. The summed E-state index contributed by atoms with van der Waals surface area (Å²) < 4.78 is 0. The topological polar surface area (TPSA) is 132 Å². The number of amides is 3. The molecule has 3 atom stereocenters. The van der Waals surface area contributed by atoms with Crippen molar-refractivity contribution in [2.24, 2.45) is 5.92 Å². The number of anilines is 2. The van der Waals surface area contributed by atoms with Gasteiger partial charge < -0.3 is 25.7 Å². The lowest BCUT2D eigenvalue weighted by atomic mass is 9.82. The number of aliphatic hydroxyl groups is 1. The number of urea groups is 1. The number of rotatable bonds is 5. The van der Waals surface area contributed by atoms with Crippen molar-refractivity contribution in [3.8, 4) is 0 Å². The molecule has 4 N–H and O–H groups in total. The summed E-state index contributed by atoms with van der Waals surface area (Å²) in [5, 5.41) is 24.8. The molecular weight excluding hydrogens is 388 g/mol. The largest absolute Gasteiger partial charge is 0.477 e. The first-order chi connectivity index (χ1) is 14.4. The molecule has 0 bridgehead atoms. The predicted molar refractivity (Wildman–Crippen MR) is 108 cm³/mol. The molecule has 9 nitrogen and oxygen atoms in total. The zero-order valence-corrected chi connectivity index (χ0v) is 16.1. The van der Waals surface area contributed by atoms with Crippen LogP contribution in [0.25, 0.3) is 5.57 Å². The van der Waals surface area contributed by atoms with Crippen molar-refractivity contribution in [2.45, 2.75) is 25.5 Å². The van der Waals surface area contributed by atoms with Crippen molar-refractivity contribution in [3.05, 3.63) is 60.1 Å². The number of aliphatic hydroxyl groups excluding tert-OH is 1. The summed E-state index contributed by atoms with van der Waals surface area (Å²) in [5.74, 6) is -2.13. The number of carbonyl (C=O) groups excluding carboxylic acids is 2. The van der Waals surface area contributed by atoms with Gasteiger partial charge in [0.25, 0.3) is 0 Å². The lowest BCUT2D eigenvalue weighted by Gasteiger charge is -2.44. The molecule has 0 saturated carbocycles. The van der Waals surface area contributed by atoms with Crippen LogP contribution in [0.1, 0.15) is 18.9 Å². The number of nitrogens with one attached hydrogen (secondary N) is 2. The van der Waals surface area contributed by atoms with Crippen LogP contribution in [0.3, 0.4) is 0 Å². The number of pyridine rings is 1. The Kier molecular flexibility index (Phi) is 4.96. The van der Waals surface area contributed by atoms with E-state index >= 15 is 0 Å². The Morgan fingerprint density at radius 1 is 1.17 bits per heavy atom. The van der Waals surface area contributed by atoms with Crippen molar-refractivity contribution in [2.75, 3.05) is 10.6 Å². The van der Waals surface area contributed by atoms with E-state index in [1.807, 2.05) is 0 Å². The average molecular weight is 408 g/mol. The number of aromatic nitrogens is 1. The maximum Gasteiger partial charge on any atom is 0.352 e. The highest BCUT2D eigenvalue weighted by Gasteiger charge is 2.56. The maximum atomic E-state index is 12.3. The minimum atomic E-state index is -1.18. The number of hydrogen-bond acceptors (Lipinski definition) is 5. The summed E-state index contributed by atoms with van der Waals surface area (Å²) in [7, 11) is 0. The highest BCUT2D eigenvalue weighted by Crippen LogP contribution is 2.46. The van der Waals surface area contributed by atoms with Crippen LogP contribution in [0, 0.1) is 5.92 Å². The summed E-state index contributed by atoms with van der Waals surface area (Å²) in [6, 6.07) is 9.36. The van der Waals surface area contributed by atoms with Gasteiger partial charge in [0.1, 0.15) is 5.70 Å². The number of aliphatic carboxylic acids is 1. The fourth-order valence-electron chi connectivity index (χ4n) is 4.01. The number of fused-ring (bicyclic) bond motifs is 1. The van der Waals surface area contributed by atoms with Gasteiger partial charge in [-0.2, -0.15) is 0 Å². The summed E-state index contributed by atoms with van der Waals surface area (Å²) in [6.07, 6.45) is 2.65. The number of carbonyl (C=O) groups is 3. The second-order valence-electron chi connectivity index (χ2n) is 7.28. The van der Waals surface area contributed by atoms with Crippen molar-refractivity contribution in [3.63, 3.8) is 0 Å². The highest BCUT2D eigenvalue weighted by molar-refractivity contribution is 6.06. The maximum absolute atomic E-state index is 12.3. The van der Waals surface area contributed by atoms with Crippen LogP contribution in [0.15, 0.2) is 54.5 Å². The van der Waals surface area contributed by atoms with Gasteiger partial charge in [-0.1, -0.05) is 12.1 Å². The Morgan fingerprint density at radius 3 is 2.47 bits per heavy atom. The smallest absolute Gasteiger partial charge is 0.352 e. The fraction of sp³-hybridized carbons (Fsp3) is 0.238. The van der Waals surface area contributed by atoms with Gasteiger partial charge in [-0.3, -0.25) is 9.78 Å². The molecule has 0 unspecified atom stereocenters. The molecule has 0 aliphatic carbocycles. The quantitative estimate of drug-likeness (QED) is 0.561. The molecule has 0 radical (unpaired) electrons. The molecule has 2 aliphatic rings. The van der Waals surface area contributed by atoms with Gasteiger partial charge in [0.15, 0.2) is 0 Å². The molecular formula is C21H20N4O5. The Morgan fingerprint density at radius 2 is 1.87 bits per heavy atom. The van der Waals surface area contributed by atoms with E-state index in [1.54, 1.807) is 42.6 Å². The lowest BCUT2D eigenvalue weighted by molar-refractivity contribution is -0.161. The first-order valence-corrected chi connectivity index (χ1v) is 9.43. The predicted octanol–water partition coefficient (Wildman–Crippen LogP) is 2.13. The number of hydrogen-bond donors (Lipinski definition) is 4. The summed E-state index contributed by atoms with van der Waals surface area (Å²) in [6.45, 7) is 1.54. The molecule has 1 aromatic heterocycles. The van der Waals surface area contributed by atoms with Crippen LogP contribution in [0.2, 0.25) is 0 Å². The van der Waals surface area contributed by atoms with Gasteiger partial charge in [0, 0.05) is 11.9 Å². The van der Waals surface area contributed by atoms with Gasteiger partial charge in [0.05, 0.1) is 29.9 Å². The van der Waals surface area contributed by atoms with Crippen molar-refractivity contribution in [1.29, 1.82) is 0 Å². The molecule has 2 aliphatic heterocycles. The van der Waals surface area contributed by atoms with Crippen LogP contribution in [-0.4, -0.2) is 50.2 Å². The van der Waals surface area contributed by atoms with Gasteiger partial charge >= 0.3 is 12.0 Å². The lowest BCUT2D eigenvalue weighted by Crippen LogP contribution is -2.61. The van der Waals surface area contributed by atoms with Crippen molar-refractivity contribution in [1.82, 2.24) is 9.88 Å². The monoisotopic (exact) mass is 408 g/mol. The standard InChI is InChI=1S/C21H20N4O5/c1-11(26)17-16-9-15(18(20(28)29)25(16)19(17)27)12-4-6-13(7-5-12)23-21(30)24-14-3-2-8-22-10-14/h2-8,10-11,16-17,26H,9H2,1H3,(H,28,29)(H2,23,24,30)/t11-,16-,17-/m1/s1. The zero-order chi connectivity index (χ0) is 21.4. The number of carboxylic acids is 1. The minimum Gasteiger partial charge on any atom is -0.477 e. The summed E-state index contributed by atoms with van der Waals surface area (Å²) >= 11 is 0. The fourth-order valence-corrected chi connectivity index (χ4v) is 4.01. The zero-order valence-electron chi connectivity index (χ0n) is 16.1. The molecule has 2 aromatic rings. The number of nitrogens with zero attached hydrogens (tertiary/aromatic N) is 2. The first-order valence-electron chi connectivity index (χ1n) is 9.43. The van der Waals surface area contributed by atoms with Crippen LogP contribution in [0.4, 0.5) is 16.2 Å². The second kappa shape index (κ2) is 7.60. The molecule has 3 amide bonds. The van der Waals surface area contributed by atoms with Gasteiger partial charge in [-0.05, 0) is 48.7 Å². The van der Waals surface area contributed by atoms with Crippen LogP contribution < -0.4 is 10.6 Å². The highest BCUT2D eigenvalue weighted by atomic mass is 16.4. The Labute approximate surface area is 172 Å². The molecule has 4 rings (SSSR count). The Balaban J connectivity index is 1.50. The third-order valence-electron chi connectivity index (χ3n) is 5.34. The summed E-state index contributed by atoms with van der Waals surface area (Å²) in [5.41, 5.74) is 2.22. The number of benzene rings is 1. The van der Waals surface area contributed by atoms with E-state index < -0.39 is 24.0 Å². The number of carboxylic acid groups (broad SMARTS) is 1. The van der Waals surface area contributed by atoms with E-state index in [9.17, 15) is 24.6 Å². The van der Waals surface area contributed by atoms with E-state index in [0.29, 0.717) is 28.9 Å². The van der Waals surface area contributed by atoms with E-state index in [-0.39, 0.29) is 17.6 Å². The van der Waals surface area contributed by atoms with Crippen LogP contribution in [-0.2, 0) is 9.59 Å². The van der Waals surface area contributed by atoms with Crippen LogP contribution in [0.5, 0.6) is 0 Å². The van der Waals surface area contributed by atoms with Gasteiger partial charge in [0.2, 0.25) is 5.91 Å². The van der Waals surface area contributed by atoms with Crippen molar-refractivity contribution >= 4 is 34.9 Å². The Hall–Kier alpha value is -3.72. The SMILES string of the molecule is C[C@@H](O)[C@H]1C(=O)N2C(C(=O)O)=C(c3ccc(NC(=O)Nc4cccnc4)cc3)C[C@H]12. The van der Waals surface area contributed by atoms with Gasteiger partial charge in [-0.25, -0.2) is 9.59 Å². The van der Waals surface area contributed by atoms with Crippen molar-refractivity contribution < 1.29 is 24.6 Å². The molecule has 154 valence electrons.